The van der Waals surface area contributed by atoms with E-state index in [1.54, 1.807) is 18.2 Å². The summed E-state index contributed by atoms with van der Waals surface area (Å²) in [6.45, 7) is 0. The first-order valence-corrected chi connectivity index (χ1v) is 7.85. The van der Waals surface area contributed by atoms with Crippen LogP contribution >= 0.6 is 35.2 Å². The summed E-state index contributed by atoms with van der Waals surface area (Å²) in [5, 5.41) is 4.64. The molecular weight excluding hydrogens is 343 g/mol. The number of hydrogen-bond donors (Lipinski definition) is 3. The van der Waals surface area contributed by atoms with Gasteiger partial charge in [-0.2, -0.15) is 0 Å². The van der Waals surface area contributed by atoms with Gasteiger partial charge in [0.05, 0.1) is 10.2 Å². The van der Waals surface area contributed by atoms with Crippen LogP contribution in [0.5, 0.6) is 0 Å². The van der Waals surface area contributed by atoms with Gasteiger partial charge >= 0.3 is 0 Å². The zero-order valence-electron chi connectivity index (χ0n) is 11.1. The number of benzene rings is 2. The molecule has 112 valence electrons. The van der Waals surface area contributed by atoms with Gasteiger partial charge in [-0.05, 0) is 54.7 Å². The molecule has 0 fully saturated rings. The normalized spacial score (nSPS) is 10.5. The quantitative estimate of drug-likeness (QED) is 0.481. The molecule has 0 aliphatic heterocycles. The van der Waals surface area contributed by atoms with Crippen molar-refractivity contribution in [3.05, 3.63) is 53.3 Å². The molecule has 2 aromatic carbocycles. The van der Waals surface area contributed by atoms with E-state index in [0.29, 0.717) is 15.3 Å². The molecule has 0 atom stereocenters. The molecule has 3 N–H and O–H groups in total. The fourth-order valence-electron chi connectivity index (χ4n) is 1.76. The van der Waals surface area contributed by atoms with Crippen molar-refractivity contribution in [1.82, 2.24) is 10.4 Å². The highest BCUT2D eigenvalue weighted by molar-refractivity contribution is 7.80. The van der Waals surface area contributed by atoms with Crippen LogP contribution in [-0.4, -0.2) is 10.1 Å². The fourth-order valence-corrected chi connectivity index (χ4v) is 2.90. The number of thiazole rings is 1. The lowest BCUT2D eigenvalue weighted by molar-refractivity contribution is 0.630. The molecule has 0 bridgehead atoms. The summed E-state index contributed by atoms with van der Waals surface area (Å²) >= 11 is 12.3. The minimum absolute atomic E-state index is 0.282. The smallest absolute Gasteiger partial charge is 0.202 e. The Bertz CT molecular complexity index is 819. The van der Waals surface area contributed by atoms with Gasteiger partial charge in [0, 0.05) is 10.7 Å². The highest BCUT2D eigenvalue weighted by Crippen LogP contribution is 2.25. The summed E-state index contributed by atoms with van der Waals surface area (Å²) < 4.78 is 13.9. The van der Waals surface area contributed by atoms with Gasteiger partial charge in [-0.25, -0.2) is 9.37 Å². The summed E-state index contributed by atoms with van der Waals surface area (Å²) in [7, 11) is 0. The van der Waals surface area contributed by atoms with E-state index in [-0.39, 0.29) is 5.82 Å². The third kappa shape index (κ3) is 3.62. The van der Waals surface area contributed by atoms with Crippen molar-refractivity contribution in [2.75, 3.05) is 10.7 Å². The molecule has 0 spiro atoms. The minimum Gasteiger partial charge on any atom is -0.331 e. The Labute approximate surface area is 140 Å². The molecule has 8 heteroatoms. The molecule has 0 saturated carbocycles. The second-order valence-electron chi connectivity index (χ2n) is 4.34. The van der Waals surface area contributed by atoms with Crippen molar-refractivity contribution in [1.29, 1.82) is 0 Å². The molecule has 22 heavy (non-hydrogen) atoms. The van der Waals surface area contributed by atoms with Gasteiger partial charge in [-0.15, -0.1) is 0 Å². The van der Waals surface area contributed by atoms with Crippen LogP contribution in [0.4, 0.5) is 15.2 Å². The van der Waals surface area contributed by atoms with E-state index < -0.39 is 0 Å². The van der Waals surface area contributed by atoms with E-state index in [4.69, 9.17) is 23.8 Å². The lowest BCUT2D eigenvalue weighted by Gasteiger charge is -2.10. The van der Waals surface area contributed by atoms with Gasteiger partial charge < -0.3 is 5.32 Å². The standard InChI is InChI=1S/C14H10ClFN4S2/c15-8-1-4-10(5-2-8)17-13(21)19-20-14-18-11-6-3-9(16)7-12(11)22-14/h1-7H,(H,18,20)(H2,17,19,21). The zero-order chi connectivity index (χ0) is 15.5. The van der Waals surface area contributed by atoms with Crippen LogP contribution < -0.4 is 16.2 Å². The Kier molecular flexibility index (Phi) is 4.37. The van der Waals surface area contributed by atoms with E-state index in [1.807, 2.05) is 12.1 Å². The number of anilines is 2. The monoisotopic (exact) mass is 352 g/mol. The first kappa shape index (κ1) is 15.0. The number of halogens is 2. The van der Waals surface area contributed by atoms with Crippen molar-refractivity contribution in [3.63, 3.8) is 0 Å². The van der Waals surface area contributed by atoms with E-state index in [9.17, 15) is 4.39 Å². The first-order chi connectivity index (χ1) is 10.6. The third-order valence-electron chi connectivity index (χ3n) is 2.74. The van der Waals surface area contributed by atoms with E-state index >= 15 is 0 Å². The molecular formula is C14H10ClFN4S2. The highest BCUT2D eigenvalue weighted by Gasteiger charge is 2.05. The van der Waals surface area contributed by atoms with Gasteiger partial charge in [0.15, 0.2) is 5.11 Å². The Balaban J connectivity index is 1.61. The third-order valence-corrected chi connectivity index (χ3v) is 4.13. The number of hydrazine groups is 1. The molecule has 1 heterocycles. The molecule has 0 saturated heterocycles. The lowest BCUT2D eigenvalue weighted by atomic mass is 10.3. The lowest BCUT2D eigenvalue weighted by Crippen LogP contribution is -2.33. The second kappa shape index (κ2) is 6.43. The molecule has 0 aliphatic rings. The predicted molar refractivity (Wildman–Crippen MR) is 94.0 cm³/mol. The number of rotatable bonds is 3. The molecule has 0 amide bonds. The van der Waals surface area contributed by atoms with Crippen LogP contribution in [0.3, 0.4) is 0 Å². The molecule has 1 aromatic heterocycles. The summed E-state index contributed by atoms with van der Waals surface area (Å²) in [4.78, 5) is 4.32. The Morgan fingerprint density at radius 1 is 1.18 bits per heavy atom. The predicted octanol–water partition coefficient (Wildman–Crippen LogP) is 4.40. The van der Waals surface area contributed by atoms with Crippen molar-refractivity contribution in [2.45, 2.75) is 0 Å². The average Bonchev–Trinajstić information content (AvgIpc) is 2.89. The first-order valence-electron chi connectivity index (χ1n) is 6.25. The second-order valence-corrected chi connectivity index (χ2v) is 6.22. The number of aromatic nitrogens is 1. The number of fused-ring (bicyclic) bond motifs is 1. The van der Waals surface area contributed by atoms with Crippen molar-refractivity contribution >= 4 is 61.3 Å². The Hall–Kier alpha value is -1.96. The summed E-state index contributed by atoms with van der Waals surface area (Å²) in [6.07, 6.45) is 0. The van der Waals surface area contributed by atoms with Crippen LogP contribution in [0.15, 0.2) is 42.5 Å². The summed E-state index contributed by atoms with van der Waals surface area (Å²) in [6, 6.07) is 11.6. The van der Waals surface area contributed by atoms with E-state index in [0.717, 1.165) is 15.9 Å². The Morgan fingerprint density at radius 2 is 1.95 bits per heavy atom. The maximum absolute atomic E-state index is 13.1. The van der Waals surface area contributed by atoms with Crippen molar-refractivity contribution < 1.29 is 4.39 Å². The molecule has 3 rings (SSSR count). The molecule has 3 aromatic rings. The molecule has 0 unspecified atom stereocenters. The maximum Gasteiger partial charge on any atom is 0.202 e. The van der Waals surface area contributed by atoms with Crippen molar-refractivity contribution in [3.8, 4) is 0 Å². The van der Waals surface area contributed by atoms with Crippen LogP contribution in [0.25, 0.3) is 10.2 Å². The topological polar surface area (TPSA) is 49.0 Å². The molecule has 0 radical (unpaired) electrons. The van der Waals surface area contributed by atoms with Gasteiger partial charge in [0.1, 0.15) is 5.82 Å². The van der Waals surface area contributed by atoms with Crippen LogP contribution in [0.2, 0.25) is 5.02 Å². The fraction of sp³-hybridized carbons (Fsp3) is 0. The van der Waals surface area contributed by atoms with Gasteiger partial charge in [0.25, 0.3) is 0 Å². The number of hydrogen-bond acceptors (Lipinski definition) is 4. The van der Waals surface area contributed by atoms with Crippen molar-refractivity contribution in [2.24, 2.45) is 0 Å². The zero-order valence-corrected chi connectivity index (χ0v) is 13.5. The van der Waals surface area contributed by atoms with Crippen LogP contribution in [-0.2, 0) is 0 Å². The number of thiocarbonyl (C=S) groups is 1. The molecule has 0 aliphatic carbocycles. The number of nitrogens with zero attached hydrogens (tertiary/aromatic N) is 1. The highest BCUT2D eigenvalue weighted by atomic mass is 35.5. The maximum atomic E-state index is 13.1. The van der Waals surface area contributed by atoms with E-state index in [2.05, 4.69) is 21.2 Å². The Morgan fingerprint density at radius 3 is 2.73 bits per heavy atom. The SMILES string of the molecule is Fc1ccc2nc(NNC(=S)Nc3ccc(Cl)cc3)sc2c1. The van der Waals surface area contributed by atoms with Crippen LogP contribution in [0.1, 0.15) is 0 Å². The van der Waals surface area contributed by atoms with Crippen LogP contribution in [0, 0.1) is 5.82 Å². The summed E-state index contributed by atoms with van der Waals surface area (Å²) in [5.74, 6) is -0.282. The summed E-state index contributed by atoms with van der Waals surface area (Å²) in [5.41, 5.74) is 7.26. The average molecular weight is 353 g/mol. The van der Waals surface area contributed by atoms with E-state index in [1.165, 1.54) is 23.5 Å². The van der Waals surface area contributed by atoms with Gasteiger partial charge in [0.2, 0.25) is 5.13 Å². The minimum atomic E-state index is -0.282. The number of nitrogens with one attached hydrogen (secondary N) is 3. The largest absolute Gasteiger partial charge is 0.331 e. The van der Waals surface area contributed by atoms with Gasteiger partial charge in [-0.3, -0.25) is 10.9 Å². The van der Waals surface area contributed by atoms with Gasteiger partial charge in [-0.1, -0.05) is 22.9 Å². The molecule has 4 nitrogen and oxygen atoms in total.